The molecule has 2 aromatic carbocycles. The summed E-state index contributed by atoms with van der Waals surface area (Å²) in [5.41, 5.74) is 6.34. The van der Waals surface area contributed by atoms with Gasteiger partial charge in [0.1, 0.15) is 36.4 Å². The number of amides is 1. The van der Waals surface area contributed by atoms with Crippen molar-refractivity contribution in [3.63, 3.8) is 0 Å². The van der Waals surface area contributed by atoms with Gasteiger partial charge >= 0.3 is 18.1 Å². The molecule has 0 aliphatic carbocycles. The minimum absolute atomic E-state index is 0.0598. The number of methoxy groups -OCH3 is 1. The van der Waals surface area contributed by atoms with E-state index in [4.69, 9.17) is 41.3 Å². The number of benzene rings is 2. The van der Waals surface area contributed by atoms with Crippen LogP contribution in [0, 0.1) is 17.6 Å². The van der Waals surface area contributed by atoms with Crippen molar-refractivity contribution < 1.29 is 41.7 Å². The van der Waals surface area contributed by atoms with Crippen molar-refractivity contribution >= 4 is 46.1 Å². The van der Waals surface area contributed by atoms with Gasteiger partial charge in [-0.3, -0.25) is 14.7 Å². The molecule has 0 radical (unpaired) electrons. The number of halogens is 4. The number of nitrogens with zero attached hydrogens (tertiary/aromatic N) is 5. The molecule has 3 N–H and O–H groups in total. The van der Waals surface area contributed by atoms with E-state index in [0.717, 1.165) is 24.9 Å². The summed E-state index contributed by atoms with van der Waals surface area (Å²) in [4.78, 5) is 42.2. The topological polar surface area (TPSA) is 154 Å². The lowest BCUT2D eigenvalue weighted by Crippen LogP contribution is -2.43. The fourth-order valence-corrected chi connectivity index (χ4v) is 8.68. The molecular formula is C42H49ClF3N7O6. The van der Waals surface area contributed by atoms with Crippen LogP contribution < -0.4 is 20.7 Å². The molecule has 1 amide bonds. The first kappa shape index (κ1) is 42.2. The number of hydrogen-bond acceptors (Lipinski definition) is 12. The average molecular weight is 840 g/mol. The molecule has 3 fully saturated rings. The maximum atomic E-state index is 17.1. The zero-order valence-electron chi connectivity index (χ0n) is 33.0. The van der Waals surface area contributed by atoms with Gasteiger partial charge in [-0.25, -0.2) is 18.0 Å². The smallest absolute Gasteiger partial charge is 0.407 e. The van der Waals surface area contributed by atoms with Gasteiger partial charge in [-0.15, -0.1) is 0 Å². The second-order valence-corrected chi connectivity index (χ2v) is 15.8. The summed E-state index contributed by atoms with van der Waals surface area (Å²) in [7, 11) is 1.30. The highest BCUT2D eigenvalue weighted by molar-refractivity contribution is 6.32. The first-order valence-corrected chi connectivity index (χ1v) is 20.4. The molecule has 3 atom stereocenters. The van der Waals surface area contributed by atoms with Crippen LogP contribution in [-0.4, -0.2) is 103 Å². The van der Waals surface area contributed by atoms with Gasteiger partial charge in [0.25, 0.3) is 0 Å². The number of pyridine rings is 1. The fraction of sp³-hybridized carbons (Fsp3) is 0.500. The second kappa shape index (κ2) is 19.0. The highest BCUT2D eigenvalue weighted by Gasteiger charge is 2.49. The van der Waals surface area contributed by atoms with E-state index < -0.39 is 29.4 Å². The molecule has 0 spiro atoms. The molecule has 17 heteroatoms. The Morgan fingerprint density at radius 3 is 2.76 bits per heavy atom. The number of fused-ring (bicyclic) bond motifs is 2. The SMILES string of the molecule is COC(=O)CCCCc1c(-c2ncc3c(N4CCOCC(CCNC(=O)OCc5ccccc5)C4)nc(OC[C@@]45CCCN4C[C@H](F)C5)nc3c2F)cc(N)c(F)c1Cl. The number of unbranched alkanes of at least 4 members (excludes halogenated alkanes) is 1. The van der Waals surface area contributed by atoms with Crippen LogP contribution in [0.3, 0.4) is 0 Å². The van der Waals surface area contributed by atoms with E-state index in [0.29, 0.717) is 76.3 Å². The molecule has 13 nitrogen and oxygen atoms in total. The number of alkyl halides is 1. The number of hydrogen-bond donors (Lipinski definition) is 2. The van der Waals surface area contributed by atoms with Gasteiger partial charge in [-0.05, 0) is 62.3 Å². The largest absolute Gasteiger partial charge is 0.469 e. The summed E-state index contributed by atoms with van der Waals surface area (Å²) >= 11 is 6.50. The molecule has 316 valence electrons. The number of nitrogens with two attached hydrogens (primary N) is 1. The number of nitrogen functional groups attached to an aromatic ring is 1. The predicted molar refractivity (Wildman–Crippen MR) is 216 cm³/mol. The van der Waals surface area contributed by atoms with E-state index in [1.807, 2.05) is 35.2 Å². The number of nitrogens with one attached hydrogen (secondary N) is 1. The van der Waals surface area contributed by atoms with E-state index in [-0.39, 0.29) is 77.0 Å². The highest BCUT2D eigenvalue weighted by Crippen LogP contribution is 2.42. The second-order valence-electron chi connectivity index (χ2n) is 15.4. The summed E-state index contributed by atoms with van der Waals surface area (Å²) < 4.78 is 69.3. The van der Waals surface area contributed by atoms with Crippen molar-refractivity contribution in [3.8, 4) is 17.3 Å². The number of ether oxygens (including phenoxy) is 4. The van der Waals surface area contributed by atoms with Crippen LogP contribution in [0.25, 0.3) is 22.2 Å². The van der Waals surface area contributed by atoms with Crippen LogP contribution in [-0.2, 0) is 32.0 Å². The fourth-order valence-electron chi connectivity index (χ4n) is 8.37. The maximum absolute atomic E-state index is 17.1. The van der Waals surface area contributed by atoms with Crippen molar-refractivity contribution in [1.29, 1.82) is 0 Å². The summed E-state index contributed by atoms with van der Waals surface area (Å²) in [5.74, 6) is -1.73. The van der Waals surface area contributed by atoms with Crippen molar-refractivity contribution in [2.24, 2.45) is 5.92 Å². The Morgan fingerprint density at radius 1 is 1.12 bits per heavy atom. The van der Waals surface area contributed by atoms with E-state index in [1.54, 1.807) is 0 Å². The minimum atomic E-state index is -0.975. The van der Waals surface area contributed by atoms with Crippen LogP contribution in [0.15, 0.2) is 42.6 Å². The normalized spacial score (nSPS) is 20.7. The summed E-state index contributed by atoms with van der Waals surface area (Å²) in [6.45, 7) is 3.31. The van der Waals surface area contributed by atoms with E-state index in [2.05, 4.69) is 20.2 Å². The third kappa shape index (κ3) is 9.76. The Kier molecular flexibility index (Phi) is 13.6. The third-order valence-electron chi connectivity index (χ3n) is 11.4. The Balaban J connectivity index is 1.18. The molecule has 0 bridgehead atoms. The Hall–Kier alpha value is -4.93. The van der Waals surface area contributed by atoms with Gasteiger partial charge < -0.3 is 34.9 Å². The molecule has 59 heavy (non-hydrogen) atoms. The standard InChI is InChI=1S/C42H49ClF3N7O6/c1-56-33(54)11-6-5-10-29-30(18-32(47)35(45)34(29)43)37-36(46)38-31(20-49-37)39(51-40(50-38)59-25-42-13-7-15-53(42)22-28(44)19-42)52-16-17-57-23-27(21-52)12-14-48-41(55)58-24-26-8-3-2-4-9-26/h2-4,8-9,18,20,27-28H,5-7,10-17,19,21-25,47H2,1H3,(H,48,55)/t27?,28-,42+/m1/s1. The summed E-state index contributed by atoms with van der Waals surface area (Å²) in [5, 5.41) is 2.85. The van der Waals surface area contributed by atoms with Gasteiger partial charge in [0.15, 0.2) is 11.6 Å². The molecule has 3 aliphatic rings. The molecule has 0 saturated carbocycles. The van der Waals surface area contributed by atoms with Crippen LogP contribution in [0.1, 0.15) is 56.1 Å². The number of rotatable bonds is 15. The lowest BCUT2D eigenvalue weighted by Gasteiger charge is -2.31. The van der Waals surface area contributed by atoms with Crippen molar-refractivity contribution in [2.75, 3.05) is 70.3 Å². The summed E-state index contributed by atoms with van der Waals surface area (Å²) in [6.07, 6.45) is 3.70. The Morgan fingerprint density at radius 2 is 1.95 bits per heavy atom. The van der Waals surface area contributed by atoms with Gasteiger partial charge in [-0.1, -0.05) is 41.9 Å². The molecule has 1 unspecified atom stereocenters. The van der Waals surface area contributed by atoms with Crippen molar-refractivity contribution in [1.82, 2.24) is 25.2 Å². The van der Waals surface area contributed by atoms with E-state index in [9.17, 15) is 14.0 Å². The van der Waals surface area contributed by atoms with Crippen LogP contribution in [0.2, 0.25) is 5.02 Å². The predicted octanol–water partition coefficient (Wildman–Crippen LogP) is 6.82. The van der Waals surface area contributed by atoms with Crippen molar-refractivity contribution in [2.45, 2.75) is 69.7 Å². The van der Waals surface area contributed by atoms with Gasteiger partial charge in [0.2, 0.25) is 0 Å². The molecule has 5 heterocycles. The van der Waals surface area contributed by atoms with Crippen LogP contribution in [0.4, 0.5) is 29.5 Å². The van der Waals surface area contributed by atoms with Crippen molar-refractivity contribution in [3.05, 3.63) is 70.4 Å². The van der Waals surface area contributed by atoms with Gasteiger partial charge in [0.05, 0.1) is 42.0 Å². The Labute approximate surface area is 345 Å². The third-order valence-corrected chi connectivity index (χ3v) is 11.8. The molecular weight excluding hydrogens is 791 g/mol. The van der Waals surface area contributed by atoms with Crippen LogP contribution in [0.5, 0.6) is 6.01 Å². The quantitative estimate of drug-likeness (QED) is 0.0734. The number of aromatic nitrogens is 3. The molecule has 4 aromatic rings. The Bertz CT molecular complexity index is 2140. The number of alkyl carbamates (subject to hydrolysis) is 1. The van der Waals surface area contributed by atoms with Crippen LogP contribution >= 0.6 is 11.6 Å². The molecule has 3 aliphatic heterocycles. The van der Waals surface area contributed by atoms with E-state index in [1.165, 1.54) is 19.4 Å². The number of anilines is 2. The van der Waals surface area contributed by atoms with E-state index >= 15 is 8.78 Å². The summed E-state index contributed by atoms with van der Waals surface area (Å²) in [6, 6.07) is 10.6. The number of esters is 1. The maximum Gasteiger partial charge on any atom is 0.407 e. The lowest BCUT2D eigenvalue weighted by atomic mass is 9.95. The van der Waals surface area contributed by atoms with Gasteiger partial charge in [0, 0.05) is 56.7 Å². The lowest BCUT2D eigenvalue weighted by molar-refractivity contribution is -0.140. The first-order valence-electron chi connectivity index (χ1n) is 20.0. The van der Waals surface area contributed by atoms with Gasteiger partial charge in [-0.2, -0.15) is 9.97 Å². The average Bonchev–Trinajstić information content (AvgIpc) is 3.66. The molecule has 2 aromatic heterocycles. The zero-order chi connectivity index (χ0) is 41.5. The number of carbonyl (C=O) groups is 2. The highest BCUT2D eigenvalue weighted by atomic mass is 35.5. The minimum Gasteiger partial charge on any atom is -0.469 e. The molecule has 3 saturated heterocycles. The number of carbonyl (C=O) groups excluding carboxylic acids is 2. The first-order chi connectivity index (χ1) is 28.5. The monoisotopic (exact) mass is 839 g/mol. The zero-order valence-corrected chi connectivity index (χ0v) is 33.7. The molecule has 7 rings (SSSR count).